The van der Waals surface area contributed by atoms with Crippen LogP contribution >= 0.6 is 0 Å². The number of carbonyl (C=O) groups is 4. The Kier molecular flexibility index (Phi) is 6.78. The van der Waals surface area contributed by atoms with E-state index in [-0.39, 0.29) is 0 Å². The quantitative estimate of drug-likeness (QED) is 0.458. The summed E-state index contributed by atoms with van der Waals surface area (Å²) < 4.78 is 5.01. The average molecular weight is 319 g/mol. The van der Waals surface area contributed by atoms with Crippen molar-refractivity contribution < 1.29 is 34.1 Å². The molecule has 0 saturated heterocycles. The summed E-state index contributed by atoms with van der Waals surface area (Å²) in [5.74, 6) is -3.82. The van der Waals surface area contributed by atoms with Gasteiger partial charge in [0.25, 0.3) is 0 Å². The van der Waals surface area contributed by atoms with E-state index in [1.165, 1.54) is 6.92 Å². The molecule has 0 unspecified atom stereocenters. The predicted molar refractivity (Wildman–Crippen MR) is 73.5 cm³/mol. The molecule has 0 rings (SSSR count). The molecule has 2 atom stereocenters. The van der Waals surface area contributed by atoms with Gasteiger partial charge in [0, 0.05) is 0 Å². The number of nitrogens with one attached hydrogen (secondary N) is 1. The van der Waals surface area contributed by atoms with Crippen LogP contribution < -0.4 is 11.2 Å². The Bertz CT molecular complexity index is 458. The molecule has 5 N–H and O–H groups in total. The molecule has 0 aromatic heterocycles. The van der Waals surface area contributed by atoms with Gasteiger partial charge < -0.3 is 20.7 Å². The molecule has 0 bridgehead atoms. The summed E-state index contributed by atoms with van der Waals surface area (Å²) in [5, 5.41) is 18.5. The van der Waals surface area contributed by atoms with Gasteiger partial charge in [0.05, 0.1) is 6.42 Å². The second-order valence-corrected chi connectivity index (χ2v) is 5.56. The van der Waals surface area contributed by atoms with Crippen LogP contribution in [0.4, 0.5) is 4.79 Å². The fourth-order valence-corrected chi connectivity index (χ4v) is 1.32. The maximum atomic E-state index is 12.1. The summed E-state index contributed by atoms with van der Waals surface area (Å²) in [4.78, 5) is 45.2. The third kappa shape index (κ3) is 6.88. The number of aliphatic carboxylic acids is 2. The van der Waals surface area contributed by atoms with Gasteiger partial charge in [0.1, 0.15) is 11.6 Å². The van der Waals surface area contributed by atoms with Gasteiger partial charge in [-0.2, -0.15) is 0 Å². The van der Waals surface area contributed by atoms with E-state index < -0.39 is 48.0 Å². The zero-order valence-electron chi connectivity index (χ0n) is 12.8. The molecular formula is C12H21N3O7. The first-order valence-electron chi connectivity index (χ1n) is 6.37. The minimum atomic E-state index is -1.70. The molecule has 0 heterocycles. The normalized spacial score (nSPS) is 13.8. The van der Waals surface area contributed by atoms with Crippen molar-refractivity contribution in [2.24, 2.45) is 5.73 Å². The molecular weight excluding hydrogens is 298 g/mol. The summed E-state index contributed by atoms with van der Waals surface area (Å²) in [6, 6.07) is -2.99. The van der Waals surface area contributed by atoms with Gasteiger partial charge in [-0.15, -0.1) is 0 Å². The number of ether oxygens (including phenoxy) is 1. The molecule has 126 valence electrons. The van der Waals surface area contributed by atoms with E-state index in [9.17, 15) is 19.2 Å². The van der Waals surface area contributed by atoms with Gasteiger partial charge in [0.2, 0.25) is 5.91 Å². The first-order chi connectivity index (χ1) is 9.85. The van der Waals surface area contributed by atoms with E-state index in [0.717, 1.165) is 0 Å². The summed E-state index contributed by atoms with van der Waals surface area (Å²) in [7, 11) is 0. The summed E-state index contributed by atoms with van der Waals surface area (Å²) in [5.41, 5.74) is 6.21. The predicted octanol–water partition coefficient (Wildman–Crippen LogP) is -0.470. The number of hydrogen-bond donors (Lipinski definition) is 4. The molecule has 0 radical (unpaired) electrons. The standard InChI is InChI=1S/C12H21N3O7/c1-6(9(17)18)14-15(11(21)22-12(2,3)4)7(10(19)20)5-8(13)16/h6-7,14H,5H2,1-4H3,(H2,13,16)(H,17,18)(H,19,20)/t6-,7-/m0/s1. The van der Waals surface area contributed by atoms with Crippen LogP contribution in [-0.2, 0) is 19.1 Å². The van der Waals surface area contributed by atoms with Crippen molar-refractivity contribution >= 4 is 23.9 Å². The number of nitrogens with two attached hydrogens (primary N) is 1. The molecule has 22 heavy (non-hydrogen) atoms. The lowest BCUT2D eigenvalue weighted by molar-refractivity contribution is -0.149. The van der Waals surface area contributed by atoms with E-state index in [2.05, 4.69) is 5.43 Å². The van der Waals surface area contributed by atoms with E-state index >= 15 is 0 Å². The maximum absolute atomic E-state index is 12.1. The van der Waals surface area contributed by atoms with Crippen LogP contribution in [0.3, 0.4) is 0 Å². The summed E-state index contributed by atoms with van der Waals surface area (Å²) >= 11 is 0. The Balaban J connectivity index is 5.44. The SMILES string of the molecule is C[C@H](NN(C(=O)OC(C)(C)C)[C@@H](CC(N)=O)C(=O)O)C(=O)O. The minimum Gasteiger partial charge on any atom is -0.480 e. The Morgan fingerprint density at radius 3 is 2.00 bits per heavy atom. The molecule has 0 aromatic rings. The number of primary amides is 1. The van der Waals surface area contributed by atoms with E-state index in [1.807, 2.05) is 0 Å². The topological polar surface area (TPSA) is 159 Å². The summed E-state index contributed by atoms with van der Waals surface area (Å²) in [6.07, 6.45) is -1.83. The van der Waals surface area contributed by atoms with Crippen LogP contribution in [0.1, 0.15) is 34.1 Å². The Morgan fingerprint density at radius 2 is 1.68 bits per heavy atom. The Morgan fingerprint density at radius 1 is 1.18 bits per heavy atom. The highest BCUT2D eigenvalue weighted by Gasteiger charge is 2.36. The number of nitrogens with zero attached hydrogens (tertiary/aromatic N) is 1. The Labute approximate surface area is 127 Å². The molecule has 0 aliphatic heterocycles. The van der Waals surface area contributed by atoms with Crippen LogP contribution in [0.5, 0.6) is 0 Å². The molecule has 0 aromatic carbocycles. The average Bonchev–Trinajstić information content (AvgIpc) is 2.29. The molecule has 0 aliphatic carbocycles. The van der Waals surface area contributed by atoms with Crippen molar-refractivity contribution in [3.8, 4) is 0 Å². The molecule has 0 saturated carbocycles. The van der Waals surface area contributed by atoms with Crippen LogP contribution in [0.25, 0.3) is 0 Å². The number of hydrogen-bond acceptors (Lipinski definition) is 6. The third-order valence-electron chi connectivity index (χ3n) is 2.28. The largest absolute Gasteiger partial charge is 0.480 e. The van der Waals surface area contributed by atoms with Gasteiger partial charge in [-0.25, -0.2) is 20.0 Å². The second-order valence-electron chi connectivity index (χ2n) is 5.56. The van der Waals surface area contributed by atoms with Crippen LogP contribution in [0.2, 0.25) is 0 Å². The van der Waals surface area contributed by atoms with Crippen molar-refractivity contribution in [3.63, 3.8) is 0 Å². The highest BCUT2D eigenvalue weighted by atomic mass is 16.6. The fraction of sp³-hybridized carbons (Fsp3) is 0.667. The molecule has 10 nitrogen and oxygen atoms in total. The molecule has 2 amide bonds. The fourth-order valence-electron chi connectivity index (χ4n) is 1.32. The van der Waals surface area contributed by atoms with E-state index in [1.54, 1.807) is 20.8 Å². The molecule has 0 spiro atoms. The van der Waals surface area contributed by atoms with Gasteiger partial charge in [0.15, 0.2) is 6.04 Å². The van der Waals surface area contributed by atoms with Crippen molar-refractivity contribution in [3.05, 3.63) is 0 Å². The smallest absolute Gasteiger partial charge is 0.425 e. The molecule has 0 fully saturated rings. The summed E-state index contributed by atoms with van der Waals surface area (Å²) in [6.45, 7) is 5.84. The van der Waals surface area contributed by atoms with Gasteiger partial charge in [-0.3, -0.25) is 9.59 Å². The number of carbonyl (C=O) groups excluding carboxylic acids is 2. The maximum Gasteiger partial charge on any atom is 0.425 e. The molecule has 10 heteroatoms. The zero-order valence-corrected chi connectivity index (χ0v) is 12.8. The second kappa shape index (κ2) is 7.59. The number of carboxylic acid groups (broad SMARTS) is 2. The number of amides is 2. The van der Waals surface area contributed by atoms with Crippen LogP contribution in [0, 0.1) is 0 Å². The number of rotatable bonds is 7. The van der Waals surface area contributed by atoms with Gasteiger partial charge >= 0.3 is 18.0 Å². The van der Waals surface area contributed by atoms with Gasteiger partial charge in [-0.05, 0) is 27.7 Å². The monoisotopic (exact) mass is 319 g/mol. The lowest BCUT2D eigenvalue weighted by Crippen LogP contribution is -2.58. The van der Waals surface area contributed by atoms with Crippen LogP contribution in [0.15, 0.2) is 0 Å². The van der Waals surface area contributed by atoms with Crippen LogP contribution in [-0.4, -0.2) is 56.8 Å². The minimum absolute atomic E-state index is 0.455. The van der Waals surface area contributed by atoms with E-state index in [0.29, 0.717) is 5.01 Å². The van der Waals surface area contributed by atoms with Gasteiger partial charge in [-0.1, -0.05) is 0 Å². The first-order valence-corrected chi connectivity index (χ1v) is 6.37. The third-order valence-corrected chi connectivity index (χ3v) is 2.28. The number of hydrazine groups is 1. The lowest BCUT2D eigenvalue weighted by Gasteiger charge is -2.32. The Hall–Kier alpha value is -2.36. The molecule has 0 aliphatic rings. The zero-order chi connectivity index (χ0) is 17.7. The van der Waals surface area contributed by atoms with Crippen molar-refractivity contribution in [2.75, 3.05) is 0 Å². The lowest BCUT2D eigenvalue weighted by atomic mass is 10.2. The first kappa shape index (κ1) is 19.6. The van der Waals surface area contributed by atoms with Crippen molar-refractivity contribution in [2.45, 2.75) is 51.8 Å². The number of carboxylic acids is 2. The highest BCUT2D eigenvalue weighted by Crippen LogP contribution is 2.13. The highest BCUT2D eigenvalue weighted by molar-refractivity contribution is 5.86. The van der Waals surface area contributed by atoms with E-state index in [4.69, 9.17) is 20.7 Å². The van der Waals surface area contributed by atoms with Crippen molar-refractivity contribution in [1.29, 1.82) is 0 Å². The van der Waals surface area contributed by atoms with Crippen molar-refractivity contribution in [1.82, 2.24) is 10.4 Å².